The number of hydrogen-bond acceptors (Lipinski definition) is 2. The van der Waals surface area contributed by atoms with Crippen molar-refractivity contribution in [3.63, 3.8) is 0 Å². The van der Waals surface area contributed by atoms with E-state index in [0.717, 1.165) is 0 Å². The number of carbonyl (C=O) groups excluding carboxylic acids is 1. The second-order valence-corrected chi connectivity index (χ2v) is 5.88. The van der Waals surface area contributed by atoms with Crippen molar-refractivity contribution in [2.45, 2.75) is 0 Å². The normalized spacial score (nSPS) is 19.2. The van der Waals surface area contributed by atoms with Crippen LogP contribution in [0.4, 0.5) is 8.78 Å². The van der Waals surface area contributed by atoms with E-state index in [-0.39, 0.29) is 17.4 Å². The van der Waals surface area contributed by atoms with Gasteiger partial charge in [0.1, 0.15) is 11.6 Å². The molecule has 0 saturated carbocycles. The lowest BCUT2D eigenvalue weighted by Crippen LogP contribution is -2.34. The molecular weight excluding hydrogens is 308 g/mol. The molecule has 0 radical (unpaired) electrons. The average molecular weight is 325 g/mol. The molecule has 0 bridgehead atoms. The van der Waals surface area contributed by atoms with Crippen LogP contribution in [-0.2, 0) is 4.79 Å². The maximum absolute atomic E-state index is 13.8. The fourth-order valence-electron chi connectivity index (χ4n) is 2.77. The number of nitrogens with zero attached hydrogens (tertiary/aromatic N) is 1. The minimum atomic E-state index is -0.370. The summed E-state index contributed by atoms with van der Waals surface area (Å²) in [6.07, 6.45) is 3.14. The Bertz CT molecular complexity index is 772. The molecule has 2 nitrogen and oxygen atoms in total. The quantitative estimate of drug-likeness (QED) is 0.779. The molecule has 4 heteroatoms. The smallest absolute Gasteiger partial charge is 0.187 e. The van der Waals surface area contributed by atoms with Crippen molar-refractivity contribution in [3.05, 3.63) is 82.4 Å². The van der Waals surface area contributed by atoms with E-state index in [0.29, 0.717) is 35.4 Å². The van der Waals surface area contributed by atoms with Gasteiger partial charge in [0.25, 0.3) is 0 Å². The van der Waals surface area contributed by atoms with Crippen LogP contribution >= 0.6 is 0 Å². The van der Waals surface area contributed by atoms with E-state index >= 15 is 0 Å². The summed E-state index contributed by atoms with van der Waals surface area (Å²) in [5, 5.41) is 0. The number of likely N-dealkylation sites (tertiary alicyclic amines) is 1. The summed E-state index contributed by atoms with van der Waals surface area (Å²) in [4.78, 5) is 14.6. The first-order valence-corrected chi connectivity index (χ1v) is 7.68. The minimum absolute atomic E-state index is 0.167. The number of Topliss-reactive ketones (excluding diaryl/α,β-unsaturated/α-hetero) is 1. The molecule has 122 valence electrons. The van der Waals surface area contributed by atoms with E-state index < -0.39 is 0 Å². The van der Waals surface area contributed by atoms with Crippen LogP contribution in [-0.4, -0.2) is 30.8 Å². The summed E-state index contributed by atoms with van der Waals surface area (Å²) in [6, 6.07) is 12.6. The lowest BCUT2D eigenvalue weighted by molar-refractivity contribution is -0.113. The van der Waals surface area contributed by atoms with Crippen LogP contribution in [0.25, 0.3) is 12.2 Å². The second kappa shape index (κ2) is 6.89. The SMILES string of the molecule is CN1CC(=Cc2ccccc2F)C(=O)C(=Cc2ccccc2F)C1. The molecule has 0 spiro atoms. The zero-order valence-corrected chi connectivity index (χ0v) is 13.3. The number of likely N-dealkylation sites (N-methyl/N-ethyl adjacent to an activating group) is 1. The largest absolute Gasteiger partial charge is 0.298 e. The van der Waals surface area contributed by atoms with Crippen LogP contribution in [0, 0.1) is 11.6 Å². The Balaban J connectivity index is 1.98. The first-order valence-electron chi connectivity index (χ1n) is 7.68. The molecule has 1 saturated heterocycles. The summed E-state index contributed by atoms with van der Waals surface area (Å²) >= 11 is 0. The standard InChI is InChI=1S/C20H17F2NO/c1-23-12-16(10-14-6-2-4-8-18(14)21)20(24)17(13-23)11-15-7-3-5-9-19(15)22/h2-11H,12-13H2,1H3. The number of halogens is 2. The highest BCUT2D eigenvalue weighted by Crippen LogP contribution is 2.22. The molecule has 0 atom stereocenters. The topological polar surface area (TPSA) is 20.3 Å². The molecule has 2 aromatic carbocycles. The van der Waals surface area contributed by atoms with Crippen LogP contribution in [0.15, 0.2) is 59.7 Å². The van der Waals surface area contributed by atoms with Crippen LogP contribution in [0.2, 0.25) is 0 Å². The third-order valence-electron chi connectivity index (χ3n) is 3.93. The Kier molecular flexibility index (Phi) is 4.67. The third kappa shape index (κ3) is 3.49. The number of carbonyl (C=O) groups is 1. The van der Waals surface area contributed by atoms with Gasteiger partial charge in [0, 0.05) is 35.4 Å². The molecule has 0 aromatic heterocycles. The highest BCUT2D eigenvalue weighted by atomic mass is 19.1. The molecule has 0 aliphatic carbocycles. The molecule has 1 heterocycles. The van der Waals surface area contributed by atoms with Crippen LogP contribution < -0.4 is 0 Å². The first kappa shape index (κ1) is 16.3. The average Bonchev–Trinajstić information content (AvgIpc) is 2.56. The van der Waals surface area contributed by atoms with Gasteiger partial charge in [-0.15, -0.1) is 0 Å². The fourth-order valence-corrected chi connectivity index (χ4v) is 2.77. The maximum atomic E-state index is 13.8. The minimum Gasteiger partial charge on any atom is -0.298 e. The Morgan fingerprint density at radius 1 is 0.833 bits per heavy atom. The molecule has 0 N–H and O–H groups in total. The van der Waals surface area contributed by atoms with Crippen molar-refractivity contribution in [2.24, 2.45) is 0 Å². The third-order valence-corrected chi connectivity index (χ3v) is 3.93. The van der Waals surface area contributed by atoms with Gasteiger partial charge in [-0.1, -0.05) is 36.4 Å². The first-order chi connectivity index (χ1) is 11.5. The Morgan fingerprint density at radius 2 is 1.25 bits per heavy atom. The van der Waals surface area contributed by atoms with Crippen molar-refractivity contribution in [2.75, 3.05) is 20.1 Å². The van der Waals surface area contributed by atoms with Crippen molar-refractivity contribution in [3.8, 4) is 0 Å². The monoisotopic (exact) mass is 325 g/mol. The maximum Gasteiger partial charge on any atom is 0.187 e. The predicted octanol–water partition coefficient (Wildman–Crippen LogP) is 3.95. The van der Waals surface area contributed by atoms with E-state index in [1.807, 2.05) is 11.9 Å². The highest BCUT2D eigenvalue weighted by Gasteiger charge is 2.24. The number of piperidine rings is 1. The zero-order valence-electron chi connectivity index (χ0n) is 13.3. The predicted molar refractivity (Wildman–Crippen MR) is 91.3 cm³/mol. The molecular formula is C20H17F2NO. The molecule has 3 rings (SSSR count). The molecule has 1 aliphatic heterocycles. The molecule has 0 unspecified atom stereocenters. The van der Waals surface area contributed by atoms with Gasteiger partial charge in [0.05, 0.1) is 0 Å². The van der Waals surface area contributed by atoms with Gasteiger partial charge >= 0.3 is 0 Å². The molecule has 24 heavy (non-hydrogen) atoms. The second-order valence-electron chi connectivity index (χ2n) is 5.88. The van der Waals surface area contributed by atoms with Gasteiger partial charge in [0.2, 0.25) is 0 Å². The number of hydrogen-bond donors (Lipinski definition) is 0. The van der Waals surface area contributed by atoms with Crippen molar-refractivity contribution >= 4 is 17.9 Å². The zero-order chi connectivity index (χ0) is 17.1. The Labute approximate surface area is 139 Å². The highest BCUT2D eigenvalue weighted by molar-refractivity contribution is 6.14. The number of rotatable bonds is 2. The number of benzene rings is 2. The molecule has 1 aliphatic rings. The van der Waals surface area contributed by atoms with E-state index in [1.165, 1.54) is 12.1 Å². The van der Waals surface area contributed by atoms with Gasteiger partial charge in [-0.25, -0.2) is 8.78 Å². The van der Waals surface area contributed by atoms with Gasteiger partial charge < -0.3 is 0 Å². The summed E-state index contributed by atoms with van der Waals surface area (Å²) in [6.45, 7) is 0.865. The van der Waals surface area contributed by atoms with E-state index in [4.69, 9.17) is 0 Å². The summed E-state index contributed by atoms with van der Waals surface area (Å²) in [5.41, 5.74) is 1.75. The van der Waals surface area contributed by atoms with Gasteiger partial charge in [-0.3, -0.25) is 9.69 Å². The van der Waals surface area contributed by atoms with Gasteiger partial charge in [-0.2, -0.15) is 0 Å². The molecule has 1 fully saturated rings. The fraction of sp³-hybridized carbons (Fsp3) is 0.150. The van der Waals surface area contributed by atoms with Crippen molar-refractivity contribution < 1.29 is 13.6 Å². The molecule has 0 amide bonds. The lowest BCUT2D eigenvalue weighted by Gasteiger charge is -2.26. The lowest BCUT2D eigenvalue weighted by atomic mass is 9.94. The molecule has 2 aromatic rings. The summed E-state index contributed by atoms with van der Waals surface area (Å²) in [5.74, 6) is -0.907. The van der Waals surface area contributed by atoms with Crippen molar-refractivity contribution in [1.29, 1.82) is 0 Å². The van der Waals surface area contributed by atoms with E-state index in [9.17, 15) is 13.6 Å². The van der Waals surface area contributed by atoms with Crippen molar-refractivity contribution in [1.82, 2.24) is 4.90 Å². The van der Waals surface area contributed by atoms with E-state index in [2.05, 4.69) is 0 Å². The van der Waals surface area contributed by atoms with Gasteiger partial charge in [-0.05, 0) is 31.3 Å². The van der Waals surface area contributed by atoms with Gasteiger partial charge in [0.15, 0.2) is 5.78 Å². The summed E-state index contributed by atoms with van der Waals surface area (Å²) < 4.78 is 27.7. The van der Waals surface area contributed by atoms with Crippen LogP contribution in [0.5, 0.6) is 0 Å². The van der Waals surface area contributed by atoms with Crippen LogP contribution in [0.3, 0.4) is 0 Å². The Morgan fingerprint density at radius 3 is 1.67 bits per heavy atom. The van der Waals surface area contributed by atoms with E-state index in [1.54, 1.807) is 48.6 Å². The summed E-state index contributed by atoms with van der Waals surface area (Å²) in [7, 11) is 1.87. The van der Waals surface area contributed by atoms with Crippen LogP contribution in [0.1, 0.15) is 11.1 Å². The number of ketones is 1. The Hall–Kier alpha value is -2.59.